The predicted octanol–water partition coefficient (Wildman–Crippen LogP) is 2.39. The first-order valence-electron chi connectivity index (χ1n) is 6.29. The van der Waals surface area contributed by atoms with Crippen molar-refractivity contribution in [3.8, 4) is 6.07 Å². The number of unbranched alkanes of at least 4 members (excludes halogenated alkanes) is 2. The summed E-state index contributed by atoms with van der Waals surface area (Å²) in [5.41, 5.74) is -0.404. The monoisotopic (exact) mass is 225 g/mol. The average molecular weight is 225 g/mol. The molecule has 0 aromatic carbocycles. The van der Waals surface area contributed by atoms with Gasteiger partial charge in [-0.15, -0.1) is 0 Å². The van der Waals surface area contributed by atoms with Crippen molar-refractivity contribution in [3.63, 3.8) is 0 Å². The van der Waals surface area contributed by atoms with Crippen LogP contribution in [0.1, 0.15) is 46.5 Å². The van der Waals surface area contributed by atoms with E-state index >= 15 is 0 Å². The number of hydrogen-bond donors (Lipinski definition) is 1. The maximum absolute atomic E-state index is 9.10. The maximum Gasteiger partial charge on any atom is 0.105 e. The highest BCUT2D eigenvalue weighted by Gasteiger charge is 2.25. The topological polar surface area (TPSA) is 39.1 Å². The molecule has 0 rings (SSSR count). The molecule has 0 fully saturated rings. The normalized spacial score (nSPS) is 16.8. The Morgan fingerprint density at radius 2 is 2.06 bits per heavy atom. The fourth-order valence-electron chi connectivity index (χ4n) is 1.78. The summed E-state index contributed by atoms with van der Waals surface area (Å²) in [5, 5.41) is 12.2. The first kappa shape index (κ1) is 15.4. The van der Waals surface area contributed by atoms with Gasteiger partial charge >= 0.3 is 0 Å². The minimum absolute atomic E-state index is 0.404. The van der Waals surface area contributed by atoms with Crippen molar-refractivity contribution in [1.29, 1.82) is 5.26 Å². The van der Waals surface area contributed by atoms with Gasteiger partial charge in [0.05, 0.1) is 6.07 Å². The summed E-state index contributed by atoms with van der Waals surface area (Å²) < 4.78 is 0. The van der Waals surface area contributed by atoms with Crippen molar-refractivity contribution in [1.82, 2.24) is 10.2 Å². The van der Waals surface area contributed by atoms with Crippen molar-refractivity contribution in [2.75, 3.05) is 20.6 Å². The summed E-state index contributed by atoms with van der Waals surface area (Å²) in [6, 6.07) is 2.78. The number of nitriles is 1. The summed E-state index contributed by atoms with van der Waals surface area (Å²) >= 11 is 0. The molecule has 0 saturated heterocycles. The van der Waals surface area contributed by atoms with Gasteiger partial charge in [0.25, 0.3) is 0 Å². The minimum Gasteiger partial charge on any atom is -0.304 e. The van der Waals surface area contributed by atoms with E-state index in [4.69, 9.17) is 5.26 Å². The lowest BCUT2D eigenvalue weighted by molar-refractivity contribution is 0.213. The van der Waals surface area contributed by atoms with Crippen LogP contribution in [-0.2, 0) is 0 Å². The lowest BCUT2D eigenvalue weighted by atomic mass is 9.95. The van der Waals surface area contributed by atoms with Gasteiger partial charge in [0.1, 0.15) is 5.54 Å². The van der Waals surface area contributed by atoms with Gasteiger partial charge in [-0.05, 0) is 47.3 Å². The summed E-state index contributed by atoms with van der Waals surface area (Å²) in [6.45, 7) is 7.50. The van der Waals surface area contributed by atoms with Crippen LogP contribution in [0.3, 0.4) is 0 Å². The molecule has 94 valence electrons. The molecule has 0 radical (unpaired) electrons. The second kappa shape index (κ2) is 7.65. The first-order chi connectivity index (χ1) is 7.49. The van der Waals surface area contributed by atoms with E-state index in [0.717, 1.165) is 13.0 Å². The van der Waals surface area contributed by atoms with E-state index in [1.54, 1.807) is 0 Å². The third-order valence-electron chi connectivity index (χ3n) is 3.37. The van der Waals surface area contributed by atoms with E-state index in [9.17, 15) is 0 Å². The maximum atomic E-state index is 9.10. The smallest absolute Gasteiger partial charge is 0.105 e. The van der Waals surface area contributed by atoms with E-state index in [-0.39, 0.29) is 0 Å². The van der Waals surface area contributed by atoms with Crippen LogP contribution < -0.4 is 5.32 Å². The SMILES string of the molecule is CCCCCN(C)C(C)CC(C)(C#N)NC. The van der Waals surface area contributed by atoms with Crippen molar-refractivity contribution < 1.29 is 0 Å². The fraction of sp³-hybridized carbons (Fsp3) is 0.923. The van der Waals surface area contributed by atoms with Gasteiger partial charge in [-0.25, -0.2) is 0 Å². The van der Waals surface area contributed by atoms with Crippen LogP contribution in [0.15, 0.2) is 0 Å². The molecular weight excluding hydrogens is 198 g/mol. The summed E-state index contributed by atoms with van der Waals surface area (Å²) in [7, 11) is 4.00. The molecule has 0 heterocycles. The molecule has 2 unspecified atom stereocenters. The molecule has 0 aliphatic heterocycles. The van der Waals surface area contributed by atoms with Crippen molar-refractivity contribution in [2.45, 2.75) is 58.0 Å². The molecule has 3 heteroatoms. The molecule has 0 spiro atoms. The van der Waals surface area contributed by atoms with E-state index in [2.05, 4.69) is 37.2 Å². The number of hydrogen-bond acceptors (Lipinski definition) is 3. The molecule has 0 saturated carbocycles. The number of nitrogens with zero attached hydrogens (tertiary/aromatic N) is 2. The van der Waals surface area contributed by atoms with Crippen molar-refractivity contribution >= 4 is 0 Å². The standard InChI is InChI=1S/C13H27N3/c1-6-7-8-9-16(5)12(2)10-13(3,11-14)15-4/h12,15H,6-10H2,1-5H3. The molecular formula is C13H27N3. The predicted molar refractivity (Wildman–Crippen MR) is 69.3 cm³/mol. The molecule has 0 aromatic rings. The highest BCUT2D eigenvalue weighted by Crippen LogP contribution is 2.14. The summed E-state index contributed by atoms with van der Waals surface area (Å²) in [5.74, 6) is 0. The molecule has 0 aliphatic rings. The molecule has 16 heavy (non-hydrogen) atoms. The summed E-state index contributed by atoms with van der Waals surface area (Å²) in [4.78, 5) is 2.35. The van der Waals surface area contributed by atoms with Crippen LogP contribution in [0.25, 0.3) is 0 Å². The quantitative estimate of drug-likeness (QED) is 0.645. The molecule has 2 atom stereocenters. The Labute approximate surface area is 101 Å². The Hall–Kier alpha value is -0.590. The van der Waals surface area contributed by atoms with Crippen LogP contribution in [0, 0.1) is 11.3 Å². The second-order valence-corrected chi connectivity index (χ2v) is 4.93. The minimum atomic E-state index is -0.404. The van der Waals surface area contributed by atoms with Crippen LogP contribution in [-0.4, -0.2) is 37.1 Å². The third kappa shape index (κ3) is 5.48. The summed E-state index contributed by atoms with van der Waals surface area (Å²) in [6.07, 6.45) is 4.66. The zero-order chi connectivity index (χ0) is 12.6. The highest BCUT2D eigenvalue weighted by atomic mass is 15.1. The largest absolute Gasteiger partial charge is 0.304 e. The van der Waals surface area contributed by atoms with Crippen LogP contribution >= 0.6 is 0 Å². The van der Waals surface area contributed by atoms with Gasteiger partial charge in [0.2, 0.25) is 0 Å². The van der Waals surface area contributed by atoms with Crippen molar-refractivity contribution in [2.24, 2.45) is 0 Å². The van der Waals surface area contributed by atoms with E-state index < -0.39 is 5.54 Å². The third-order valence-corrected chi connectivity index (χ3v) is 3.37. The van der Waals surface area contributed by atoms with Gasteiger partial charge in [0.15, 0.2) is 0 Å². The molecule has 3 nitrogen and oxygen atoms in total. The average Bonchev–Trinajstić information content (AvgIpc) is 2.29. The van der Waals surface area contributed by atoms with Crippen LogP contribution in [0.4, 0.5) is 0 Å². The Balaban J connectivity index is 4.04. The van der Waals surface area contributed by atoms with Gasteiger partial charge in [0, 0.05) is 6.04 Å². The molecule has 1 N–H and O–H groups in total. The lowest BCUT2D eigenvalue weighted by Gasteiger charge is -2.31. The van der Waals surface area contributed by atoms with Gasteiger partial charge < -0.3 is 10.2 Å². The Morgan fingerprint density at radius 1 is 1.44 bits per heavy atom. The van der Waals surface area contributed by atoms with Crippen LogP contribution in [0.2, 0.25) is 0 Å². The molecule has 0 bridgehead atoms. The zero-order valence-electron chi connectivity index (χ0n) is 11.5. The van der Waals surface area contributed by atoms with Crippen LogP contribution in [0.5, 0.6) is 0 Å². The first-order valence-corrected chi connectivity index (χ1v) is 6.29. The molecule has 0 amide bonds. The van der Waals surface area contributed by atoms with Gasteiger partial charge in [-0.2, -0.15) is 5.26 Å². The van der Waals surface area contributed by atoms with Gasteiger partial charge in [-0.3, -0.25) is 0 Å². The Kier molecular flexibility index (Phi) is 7.36. The van der Waals surface area contributed by atoms with Crippen molar-refractivity contribution in [3.05, 3.63) is 0 Å². The Morgan fingerprint density at radius 3 is 2.50 bits per heavy atom. The number of rotatable bonds is 8. The Bertz CT molecular complexity index is 222. The second-order valence-electron chi connectivity index (χ2n) is 4.93. The van der Waals surface area contributed by atoms with Gasteiger partial charge in [-0.1, -0.05) is 19.8 Å². The molecule has 0 aromatic heterocycles. The number of nitrogens with one attached hydrogen (secondary N) is 1. The highest BCUT2D eigenvalue weighted by molar-refractivity contribution is 5.04. The lowest BCUT2D eigenvalue weighted by Crippen LogP contribution is -2.44. The molecule has 0 aliphatic carbocycles. The van der Waals surface area contributed by atoms with E-state index in [1.807, 2.05) is 14.0 Å². The fourth-order valence-corrected chi connectivity index (χ4v) is 1.78. The van der Waals surface area contributed by atoms with E-state index in [1.165, 1.54) is 19.3 Å². The zero-order valence-corrected chi connectivity index (χ0v) is 11.5. The van der Waals surface area contributed by atoms with E-state index in [0.29, 0.717) is 6.04 Å².